The maximum Gasteiger partial charge on any atom is 0.265 e. The van der Waals surface area contributed by atoms with E-state index in [0.29, 0.717) is 0 Å². The summed E-state index contributed by atoms with van der Waals surface area (Å²) in [5.74, 6) is -2.35. The van der Waals surface area contributed by atoms with Crippen LogP contribution in [0.3, 0.4) is 0 Å². The van der Waals surface area contributed by atoms with Crippen LogP contribution in [0, 0.1) is 5.92 Å². The number of carbonyl (C=O) groups is 2. The van der Waals surface area contributed by atoms with Gasteiger partial charge in [-0.1, -0.05) is 13.8 Å². The molecule has 6 heteroatoms. The van der Waals surface area contributed by atoms with E-state index >= 15 is 0 Å². The first-order valence-electron chi connectivity index (χ1n) is 6.25. The molecule has 3 aliphatic heterocycles. The minimum atomic E-state index is -2.10. The zero-order valence-electron chi connectivity index (χ0n) is 10.6. The molecule has 100 valence electrons. The van der Waals surface area contributed by atoms with Crippen molar-refractivity contribution in [2.45, 2.75) is 56.8 Å². The van der Waals surface area contributed by atoms with Gasteiger partial charge in [0.15, 0.2) is 23.4 Å². The molecule has 0 spiro atoms. The molecule has 5 atom stereocenters. The average molecular weight is 255 g/mol. The van der Waals surface area contributed by atoms with Crippen LogP contribution >= 0.6 is 0 Å². The number of nitrogens with one attached hydrogen (secondary N) is 1. The first-order valence-corrected chi connectivity index (χ1v) is 6.25. The second kappa shape index (κ2) is 3.12. The van der Waals surface area contributed by atoms with Crippen molar-refractivity contribution in [2.75, 3.05) is 0 Å². The second-order valence-electron chi connectivity index (χ2n) is 5.66. The van der Waals surface area contributed by atoms with Crippen molar-refractivity contribution in [1.82, 2.24) is 5.32 Å². The van der Waals surface area contributed by atoms with Crippen molar-refractivity contribution in [2.24, 2.45) is 5.92 Å². The molecule has 2 N–H and O–H groups in total. The van der Waals surface area contributed by atoms with Gasteiger partial charge in [-0.3, -0.25) is 9.59 Å². The molecule has 3 saturated heterocycles. The number of ketones is 1. The lowest BCUT2D eigenvalue weighted by Gasteiger charge is -2.34. The van der Waals surface area contributed by atoms with Crippen LogP contribution in [0.2, 0.25) is 0 Å². The summed E-state index contributed by atoms with van der Waals surface area (Å²) in [4.78, 5) is 24.0. The smallest absolute Gasteiger partial charge is 0.265 e. The third kappa shape index (κ3) is 1.09. The monoisotopic (exact) mass is 255 g/mol. The Morgan fingerprint density at radius 1 is 1.56 bits per heavy atom. The van der Waals surface area contributed by atoms with Gasteiger partial charge in [-0.2, -0.15) is 0 Å². The molecule has 0 aromatic heterocycles. The normalized spacial score (nSPS) is 51.4. The van der Waals surface area contributed by atoms with Gasteiger partial charge in [-0.15, -0.1) is 0 Å². The maximum atomic E-state index is 12.0. The third-order valence-electron chi connectivity index (χ3n) is 4.43. The molecule has 2 bridgehead atoms. The Morgan fingerprint density at radius 2 is 2.22 bits per heavy atom. The summed E-state index contributed by atoms with van der Waals surface area (Å²) in [5, 5.41) is 13.1. The van der Waals surface area contributed by atoms with Gasteiger partial charge < -0.3 is 19.9 Å². The van der Waals surface area contributed by atoms with E-state index in [1.165, 1.54) is 0 Å². The molecule has 18 heavy (non-hydrogen) atoms. The molecule has 3 fully saturated rings. The second-order valence-corrected chi connectivity index (χ2v) is 5.66. The lowest BCUT2D eigenvalue weighted by Crippen LogP contribution is -2.59. The molecule has 0 saturated carbocycles. The van der Waals surface area contributed by atoms with E-state index in [0.717, 1.165) is 6.42 Å². The van der Waals surface area contributed by atoms with Crippen molar-refractivity contribution in [1.29, 1.82) is 0 Å². The van der Waals surface area contributed by atoms with Crippen molar-refractivity contribution >= 4 is 11.7 Å². The van der Waals surface area contributed by atoms with E-state index in [1.54, 1.807) is 6.92 Å². The van der Waals surface area contributed by atoms with Gasteiger partial charge in [-0.25, -0.2) is 0 Å². The van der Waals surface area contributed by atoms with E-state index in [9.17, 15) is 14.7 Å². The Kier molecular flexibility index (Phi) is 2.09. The predicted octanol–water partition coefficient (Wildman–Crippen LogP) is -0.306. The standard InChI is InChI=1S/C12H17NO5/c1-4-6(2)12-8-11(16,9(15)13-12)7(14)5-10(3,17-8)18-12/h6,8,16H,4-5H2,1-3H3,(H,13,15)/t6-,8+,10+,11+,12+/m1/s1. The fourth-order valence-electron chi connectivity index (χ4n) is 3.21. The summed E-state index contributed by atoms with van der Waals surface area (Å²) in [6.07, 6.45) is -0.328. The number of hydrogen-bond acceptors (Lipinski definition) is 5. The lowest BCUT2D eigenvalue weighted by atomic mass is 9.81. The minimum absolute atomic E-state index is 0.0619. The summed E-state index contributed by atoms with van der Waals surface area (Å²) in [6, 6.07) is 0. The number of hydrogen-bond donors (Lipinski definition) is 2. The van der Waals surface area contributed by atoms with Crippen molar-refractivity contribution in [3.8, 4) is 0 Å². The summed E-state index contributed by atoms with van der Waals surface area (Å²) in [5.41, 5.74) is -3.19. The molecular weight excluding hydrogens is 238 g/mol. The SMILES string of the molecule is CC[C@@H](C)[C@@]12NC(=O)[C@]3(O)C(=O)C[C@@](C)(O[C@@H]31)O2. The van der Waals surface area contributed by atoms with E-state index in [1.807, 2.05) is 13.8 Å². The quantitative estimate of drug-likeness (QED) is 0.661. The van der Waals surface area contributed by atoms with E-state index in [2.05, 4.69) is 5.32 Å². The van der Waals surface area contributed by atoms with Crippen LogP contribution in [0.25, 0.3) is 0 Å². The number of rotatable bonds is 2. The summed E-state index contributed by atoms with van der Waals surface area (Å²) in [6.45, 7) is 5.53. The fourth-order valence-corrected chi connectivity index (χ4v) is 3.21. The topological polar surface area (TPSA) is 84.9 Å². The number of carbonyl (C=O) groups excluding carboxylic acids is 2. The minimum Gasteiger partial charge on any atom is -0.371 e. The van der Waals surface area contributed by atoms with Gasteiger partial charge in [0.05, 0.1) is 6.42 Å². The predicted molar refractivity (Wildman–Crippen MR) is 59.3 cm³/mol. The van der Waals surface area contributed by atoms with Gasteiger partial charge >= 0.3 is 0 Å². The van der Waals surface area contributed by atoms with Crippen LogP contribution in [0.15, 0.2) is 0 Å². The Labute approximate surface area is 105 Å². The number of Topliss-reactive ketones (excluding diaryl/α,β-unsaturated/α-hetero) is 1. The van der Waals surface area contributed by atoms with E-state index in [4.69, 9.17) is 9.47 Å². The Morgan fingerprint density at radius 3 is 2.83 bits per heavy atom. The summed E-state index contributed by atoms with van der Waals surface area (Å²) in [7, 11) is 0. The first kappa shape index (κ1) is 12.1. The van der Waals surface area contributed by atoms with Gasteiger partial charge in [0, 0.05) is 5.92 Å². The van der Waals surface area contributed by atoms with Crippen LogP contribution in [-0.2, 0) is 19.1 Å². The van der Waals surface area contributed by atoms with Gasteiger partial charge in [0.2, 0.25) is 5.60 Å². The fraction of sp³-hybridized carbons (Fsp3) is 0.833. The largest absolute Gasteiger partial charge is 0.371 e. The van der Waals surface area contributed by atoms with Crippen molar-refractivity contribution in [3.05, 3.63) is 0 Å². The molecule has 1 amide bonds. The Hall–Kier alpha value is -0.980. The highest BCUT2D eigenvalue weighted by atomic mass is 16.8. The van der Waals surface area contributed by atoms with Gasteiger partial charge in [0.1, 0.15) is 0 Å². The van der Waals surface area contributed by atoms with E-state index < -0.39 is 34.9 Å². The van der Waals surface area contributed by atoms with Crippen molar-refractivity contribution < 1.29 is 24.2 Å². The highest BCUT2D eigenvalue weighted by Gasteiger charge is 2.78. The zero-order chi connectivity index (χ0) is 13.3. The van der Waals surface area contributed by atoms with Crippen LogP contribution in [0.1, 0.15) is 33.6 Å². The Bertz CT molecular complexity index is 452. The number of fused-ring (bicyclic) bond motifs is 1. The number of aliphatic hydroxyl groups is 1. The molecule has 0 unspecified atom stereocenters. The summed E-state index contributed by atoms with van der Waals surface area (Å²) < 4.78 is 11.5. The van der Waals surface area contributed by atoms with Gasteiger partial charge in [-0.05, 0) is 13.3 Å². The van der Waals surface area contributed by atoms with Crippen LogP contribution in [-0.4, -0.2) is 40.0 Å². The number of amides is 1. The molecular formula is C12H17NO5. The molecule has 0 aromatic carbocycles. The number of ether oxygens (including phenoxy) is 2. The van der Waals surface area contributed by atoms with Crippen LogP contribution < -0.4 is 5.32 Å². The zero-order valence-corrected chi connectivity index (χ0v) is 10.6. The maximum absolute atomic E-state index is 12.0. The van der Waals surface area contributed by atoms with Crippen LogP contribution in [0.4, 0.5) is 0 Å². The molecule has 3 aliphatic rings. The molecule has 3 heterocycles. The summed E-state index contributed by atoms with van der Waals surface area (Å²) >= 11 is 0. The van der Waals surface area contributed by atoms with Gasteiger partial charge in [0.25, 0.3) is 5.91 Å². The van der Waals surface area contributed by atoms with Crippen molar-refractivity contribution in [3.63, 3.8) is 0 Å². The third-order valence-corrected chi connectivity index (χ3v) is 4.43. The molecule has 3 rings (SSSR count). The average Bonchev–Trinajstić information content (AvgIpc) is 2.67. The van der Waals surface area contributed by atoms with E-state index in [-0.39, 0.29) is 12.3 Å². The molecule has 6 nitrogen and oxygen atoms in total. The first-order chi connectivity index (χ1) is 8.28. The molecule has 0 radical (unpaired) electrons. The molecule has 0 aromatic rings. The highest BCUT2D eigenvalue weighted by molar-refractivity contribution is 6.13. The molecule has 0 aliphatic carbocycles. The van der Waals surface area contributed by atoms with Crippen LogP contribution in [0.5, 0.6) is 0 Å². The Balaban J connectivity index is 2.15. The highest BCUT2D eigenvalue weighted by Crippen LogP contribution is 2.53. The lowest BCUT2D eigenvalue weighted by molar-refractivity contribution is -0.225.